The number of hydrogen-bond acceptors (Lipinski definition) is 4. The van der Waals surface area contributed by atoms with Crippen molar-refractivity contribution in [3.63, 3.8) is 0 Å². The van der Waals surface area contributed by atoms with Crippen LogP contribution in [0.15, 0.2) is 64.6 Å². The lowest BCUT2D eigenvalue weighted by Crippen LogP contribution is -2.03. The van der Waals surface area contributed by atoms with Crippen molar-refractivity contribution in [1.82, 2.24) is 0 Å². The molecule has 3 nitrogen and oxygen atoms in total. The second kappa shape index (κ2) is 6.01. The van der Waals surface area contributed by atoms with E-state index in [4.69, 9.17) is 9.57 Å². The normalized spacial score (nSPS) is 17.4. The second-order valence-electron chi connectivity index (χ2n) is 4.44. The first-order chi connectivity index (χ1) is 9.85. The average molecular weight is 285 g/mol. The Bertz CT molecular complexity index is 596. The summed E-state index contributed by atoms with van der Waals surface area (Å²) < 4.78 is 5.16. The van der Waals surface area contributed by atoms with Crippen LogP contribution in [0.1, 0.15) is 12.0 Å². The monoisotopic (exact) mass is 285 g/mol. The molecule has 1 aliphatic heterocycles. The number of nitrogens with zero attached hydrogens (tertiary/aromatic N) is 1. The molecule has 0 radical (unpaired) electrons. The van der Waals surface area contributed by atoms with Crippen molar-refractivity contribution >= 4 is 17.5 Å². The van der Waals surface area contributed by atoms with Gasteiger partial charge in [0.2, 0.25) is 0 Å². The van der Waals surface area contributed by atoms with E-state index in [1.165, 1.54) is 4.90 Å². The van der Waals surface area contributed by atoms with Crippen LogP contribution in [0.4, 0.5) is 0 Å². The smallest absolute Gasteiger partial charge is 0.183 e. The molecule has 0 amide bonds. The summed E-state index contributed by atoms with van der Waals surface area (Å²) in [7, 11) is 1.66. The molecule has 0 saturated carbocycles. The van der Waals surface area contributed by atoms with Crippen LogP contribution in [-0.4, -0.2) is 18.3 Å². The highest BCUT2D eigenvalue weighted by atomic mass is 32.2. The Morgan fingerprint density at radius 3 is 2.55 bits per heavy atom. The third kappa shape index (κ3) is 2.96. The van der Waals surface area contributed by atoms with E-state index in [2.05, 4.69) is 17.3 Å². The lowest BCUT2D eigenvalue weighted by Gasteiger charge is -2.07. The van der Waals surface area contributed by atoms with Crippen molar-refractivity contribution in [1.29, 1.82) is 0 Å². The molecular formula is C16H15NO2S. The molecule has 1 aliphatic rings. The van der Waals surface area contributed by atoms with Gasteiger partial charge in [-0.2, -0.15) is 0 Å². The maximum absolute atomic E-state index is 5.50. The number of ether oxygens (including phenoxy) is 1. The molecule has 1 atom stereocenters. The van der Waals surface area contributed by atoms with Crippen molar-refractivity contribution in [3.05, 3.63) is 60.2 Å². The van der Waals surface area contributed by atoms with Crippen LogP contribution in [0.3, 0.4) is 0 Å². The predicted octanol–water partition coefficient (Wildman–Crippen LogP) is 3.94. The molecule has 102 valence electrons. The van der Waals surface area contributed by atoms with Gasteiger partial charge in [0.05, 0.1) is 12.8 Å². The van der Waals surface area contributed by atoms with Crippen LogP contribution in [0.2, 0.25) is 0 Å². The minimum absolute atomic E-state index is 0.0505. The van der Waals surface area contributed by atoms with Gasteiger partial charge in [0.1, 0.15) is 5.75 Å². The molecule has 4 heteroatoms. The summed E-state index contributed by atoms with van der Waals surface area (Å²) in [6.07, 6.45) is 0.811. The fourth-order valence-corrected chi connectivity index (χ4v) is 2.97. The van der Waals surface area contributed by atoms with Crippen LogP contribution in [-0.2, 0) is 4.84 Å². The SMILES string of the molecule is COc1ccc(C2=NOC(Sc3ccccc3)C2)cc1. The first-order valence-corrected chi connectivity index (χ1v) is 7.32. The van der Waals surface area contributed by atoms with E-state index < -0.39 is 0 Å². The van der Waals surface area contributed by atoms with E-state index in [1.807, 2.05) is 42.5 Å². The first-order valence-electron chi connectivity index (χ1n) is 6.44. The molecule has 3 rings (SSSR count). The van der Waals surface area contributed by atoms with E-state index >= 15 is 0 Å². The summed E-state index contributed by atoms with van der Waals surface area (Å²) in [5.41, 5.74) is 2.12. The summed E-state index contributed by atoms with van der Waals surface area (Å²) in [6, 6.07) is 18.1. The van der Waals surface area contributed by atoms with Crippen LogP contribution >= 0.6 is 11.8 Å². The number of hydrogen-bond donors (Lipinski definition) is 0. The van der Waals surface area contributed by atoms with Gasteiger partial charge in [-0.1, -0.05) is 35.1 Å². The molecule has 1 unspecified atom stereocenters. The van der Waals surface area contributed by atoms with Crippen molar-refractivity contribution in [2.24, 2.45) is 5.16 Å². The lowest BCUT2D eigenvalue weighted by molar-refractivity contribution is 0.148. The largest absolute Gasteiger partial charge is 0.497 e. The third-order valence-electron chi connectivity index (χ3n) is 3.07. The summed E-state index contributed by atoms with van der Waals surface area (Å²) in [5, 5.41) is 4.19. The summed E-state index contributed by atoms with van der Waals surface area (Å²) in [6.45, 7) is 0. The zero-order valence-electron chi connectivity index (χ0n) is 11.2. The van der Waals surface area contributed by atoms with E-state index in [-0.39, 0.29) is 5.44 Å². The minimum Gasteiger partial charge on any atom is -0.497 e. The molecule has 0 aromatic heterocycles. The van der Waals surface area contributed by atoms with Gasteiger partial charge in [-0.15, -0.1) is 0 Å². The van der Waals surface area contributed by atoms with Gasteiger partial charge in [-0.05, 0) is 42.0 Å². The number of methoxy groups -OCH3 is 1. The Labute approximate surface area is 122 Å². The highest BCUT2D eigenvalue weighted by molar-refractivity contribution is 7.99. The van der Waals surface area contributed by atoms with Crippen LogP contribution < -0.4 is 4.74 Å². The Kier molecular flexibility index (Phi) is 3.92. The highest BCUT2D eigenvalue weighted by Crippen LogP contribution is 2.31. The number of oxime groups is 1. The van der Waals surface area contributed by atoms with E-state index in [0.717, 1.165) is 23.4 Å². The van der Waals surface area contributed by atoms with Crippen LogP contribution in [0.5, 0.6) is 5.75 Å². The van der Waals surface area contributed by atoms with Crippen molar-refractivity contribution in [2.45, 2.75) is 16.8 Å². The molecule has 1 heterocycles. The zero-order chi connectivity index (χ0) is 13.8. The Morgan fingerprint density at radius 2 is 1.85 bits per heavy atom. The number of rotatable bonds is 4. The maximum Gasteiger partial charge on any atom is 0.183 e. The lowest BCUT2D eigenvalue weighted by atomic mass is 10.1. The fourth-order valence-electron chi connectivity index (χ4n) is 2.02. The van der Waals surface area contributed by atoms with Gasteiger partial charge in [0, 0.05) is 11.3 Å². The molecule has 2 aromatic carbocycles. The minimum atomic E-state index is 0.0505. The van der Waals surface area contributed by atoms with Gasteiger partial charge < -0.3 is 9.57 Å². The molecule has 20 heavy (non-hydrogen) atoms. The molecule has 0 saturated heterocycles. The molecule has 2 aromatic rings. The number of thioether (sulfide) groups is 1. The third-order valence-corrected chi connectivity index (χ3v) is 4.13. The average Bonchev–Trinajstić information content (AvgIpc) is 2.97. The van der Waals surface area contributed by atoms with E-state index in [1.54, 1.807) is 18.9 Å². The first kappa shape index (κ1) is 13.1. The Morgan fingerprint density at radius 1 is 1.10 bits per heavy atom. The van der Waals surface area contributed by atoms with Gasteiger partial charge >= 0.3 is 0 Å². The van der Waals surface area contributed by atoms with Crippen molar-refractivity contribution < 1.29 is 9.57 Å². The zero-order valence-corrected chi connectivity index (χ0v) is 12.0. The summed E-state index contributed by atoms with van der Waals surface area (Å²) in [4.78, 5) is 6.70. The molecule has 0 aliphatic carbocycles. The topological polar surface area (TPSA) is 30.8 Å². The summed E-state index contributed by atoms with van der Waals surface area (Å²) in [5.74, 6) is 0.850. The summed E-state index contributed by atoms with van der Waals surface area (Å²) >= 11 is 1.70. The molecule has 0 N–H and O–H groups in total. The van der Waals surface area contributed by atoms with Crippen molar-refractivity contribution in [2.75, 3.05) is 7.11 Å². The quantitative estimate of drug-likeness (QED) is 0.852. The second-order valence-corrected chi connectivity index (χ2v) is 5.67. The molecule has 0 fully saturated rings. The van der Waals surface area contributed by atoms with Crippen LogP contribution in [0, 0.1) is 0 Å². The fraction of sp³-hybridized carbons (Fsp3) is 0.188. The Balaban J connectivity index is 1.63. The van der Waals surface area contributed by atoms with Gasteiger partial charge in [0.25, 0.3) is 0 Å². The van der Waals surface area contributed by atoms with Crippen molar-refractivity contribution in [3.8, 4) is 5.75 Å². The molecule has 0 spiro atoms. The van der Waals surface area contributed by atoms with Gasteiger partial charge in [0.15, 0.2) is 5.44 Å². The molecular weight excluding hydrogens is 270 g/mol. The molecule has 0 bridgehead atoms. The van der Waals surface area contributed by atoms with Gasteiger partial charge in [-0.25, -0.2) is 0 Å². The Hall–Kier alpha value is -1.94. The predicted molar refractivity (Wildman–Crippen MR) is 81.3 cm³/mol. The van der Waals surface area contributed by atoms with Crippen LogP contribution in [0.25, 0.3) is 0 Å². The van der Waals surface area contributed by atoms with E-state index in [0.29, 0.717) is 0 Å². The maximum atomic E-state index is 5.50. The van der Waals surface area contributed by atoms with E-state index in [9.17, 15) is 0 Å². The highest BCUT2D eigenvalue weighted by Gasteiger charge is 2.23. The standard InChI is InChI=1S/C16H15NO2S/c1-18-13-9-7-12(8-10-13)15-11-16(19-17-15)20-14-5-3-2-4-6-14/h2-10,16H,11H2,1H3. The van der Waals surface area contributed by atoms with Gasteiger partial charge in [-0.3, -0.25) is 0 Å². The number of benzene rings is 2.